The second-order valence-electron chi connectivity index (χ2n) is 7.46. The number of carbonyl (C=O) groups excluding carboxylic acids is 2. The number of carbonyl (C=O) groups is 2. The molecule has 1 aromatic carbocycles. The highest BCUT2D eigenvalue weighted by atomic mass is 16.5. The molecule has 0 saturated heterocycles. The third-order valence-electron chi connectivity index (χ3n) is 5.97. The van der Waals surface area contributed by atoms with Gasteiger partial charge >= 0.3 is 11.9 Å². The van der Waals surface area contributed by atoms with E-state index in [1.165, 1.54) is 0 Å². The molecule has 1 aliphatic carbocycles. The minimum Gasteiger partial charge on any atom is -0.507 e. The van der Waals surface area contributed by atoms with Gasteiger partial charge in [-0.1, -0.05) is 18.1 Å². The van der Waals surface area contributed by atoms with Crippen molar-refractivity contribution in [2.24, 2.45) is 11.8 Å². The lowest BCUT2D eigenvalue weighted by molar-refractivity contribution is -0.148. The number of methoxy groups -OCH3 is 1. The number of benzene rings is 1. The number of rotatable bonds is 6. The van der Waals surface area contributed by atoms with Gasteiger partial charge in [0.2, 0.25) is 0 Å². The number of phenols is 1. The van der Waals surface area contributed by atoms with E-state index in [2.05, 4.69) is 0 Å². The molecule has 1 aromatic rings. The van der Waals surface area contributed by atoms with E-state index >= 15 is 0 Å². The summed E-state index contributed by atoms with van der Waals surface area (Å²) in [5.41, 5.74) is 3.40. The van der Waals surface area contributed by atoms with Crippen LogP contribution in [0.2, 0.25) is 0 Å². The van der Waals surface area contributed by atoms with Crippen LogP contribution in [0.4, 0.5) is 0 Å². The molecule has 3 rings (SSSR count). The summed E-state index contributed by atoms with van der Waals surface area (Å²) in [7, 11) is 1.56. The molecule has 1 heterocycles. The second kappa shape index (κ2) is 8.25. The van der Waals surface area contributed by atoms with Crippen LogP contribution < -0.4 is 4.74 Å². The SMILES string of the molecule is CCOC(=O)C1CCCC1C(C)=CCc1c(O)c2c(c(C)c1OC)COC2=O. The molecule has 0 radical (unpaired) electrons. The summed E-state index contributed by atoms with van der Waals surface area (Å²) in [4.78, 5) is 24.3. The Balaban J connectivity index is 1.89. The molecule has 6 nitrogen and oxygen atoms in total. The maximum Gasteiger partial charge on any atom is 0.342 e. The molecule has 0 bridgehead atoms. The monoisotopic (exact) mass is 388 g/mol. The number of hydrogen-bond acceptors (Lipinski definition) is 6. The highest BCUT2D eigenvalue weighted by Gasteiger charge is 2.35. The Kier molecular flexibility index (Phi) is 5.96. The molecule has 1 aliphatic heterocycles. The molecule has 2 unspecified atom stereocenters. The lowest BCUT2D eigenvalue weighted by atomic mass is 9.88. The zero-order valence-electron chi connectivity index (χ0n) is 17.0. The minimum absolute atomic E-state index is 0.0719. The Morgan fingerprint density at radius 3 is 2.71 bits per heavy atom. The van der Waals surface area contributed by atoms with Crippen molar-refractivity contribution in [2.45, 2.75) is 53.1 Å². The zero-order chi connectivity index (χ0) is 20.4. The smallest absolute Gasteiger partial charge is 0.342 e. The predicted molar refractivity (Wildman–Crippen MR) is 103 cm³/mol. The quantitative estimate of drug-likeness (QED) is 0.589. The number of hydrogen-bond donors (Lipinski definition) is 1. The lowest BCUT2D eigenvalue weighted by Crippen LogP contribution is -2.22. The number of fused-ring (bicyclic) bond motifs is 1. The lowest BCUT2D eigenvalue weighted by Gasteiger charge is -2.20. The van der Waals surface area contributed by atoms with Crippen molar-refractivity contribution in [3.8, 4) is 11.5 Å². The normalized spacial score (nSPS) is 21.4. The Hall–Kier alpha value is -2.50. The maximum absolute atomic E-state index is 12.2. The van der Waals surface area contributed by atoms with E-state index < -0.39 is 5.97 Å². The molecule has 0 aromatic heterocycles. The van der Waals surface area contributed by atoms with Crippen LogP contribution in [-0.2, 0) is 27.3 Å². The molecule has 6 heteroatoms. The van der Waals surface area contributed by atoms with Gasteiger partial charge in [-0.2, -0.15) is 0 Å². The Morgan fingerprint density at radius 1 is 1.32 bits per heavy atom. The van der Waals surface area contributed by atoms with E-state index in [0.717, 1.165) is 30.4 Å². The molecule has 0 spiro atoms. The summed E-state index contributed by atoms with van der Waals surface area (Å²) < 4.78 is 15.8. The van der Waals surface area contributed by atoms with E-state index in [1.54, 1.807) is 7.11 Å². The fourth-order valence-corrected chi connectivity index (χ4v) is 4.48. The Morgan fingerprint density at radius 2 is 2.04 bits per heavy atom. The van der Waals surface area contributed by atoms with Crippen molar-refractivity contribution < 1.29 is 28.9 Å². The standard InChI is InChI=1S/C22H28O6/c1-5-27-21(24)15-8-6-7-14(15)12(2)9-10-16-19(23)18-17(11-28-22(18)25)13(3)20(16)26-4/h9,14-15,23H,5-8,10-11H2,1-4H3. The van der Waals surface area contributed by atoms with Gasteiger partial charge in [0.15, 0.2) is 0 Å². The zero-order valence-corrected chi connectivity index (χ0v) is 17.0. The average molecular weight is 388 g/mol. The summed E-state index contributed by atoms with van der Waals surface area (Å²) in [6.07, 6.45) is 5.22. The van der Waals surface area contributed by atoms with Gasteiger partial charge in [0.05, 0.1) is 19.6 Å². The topological polar surface area (TPSA) is 82.1 Å². The third-order valence-corrected chi connectivity index (χ3v) is 5.97. The van der Waals surface area contributed by atoms with E-state index in [0.29, 0.717) is 29.9 Å². The van der Waals surface area contributed by atoms with Gasteiger partial charge < -0.3 is 19.3 Å². The van der Waals surface area contributed by atoms with Crippen LogP contribution in [0.25, 0.3) is 0 Å². The van der Waals surface area contributed by atoms with Crippen LogP contribution in [0.3, 0.4) is 0 Å². The number of allylic oxidation sites excluding steroid dienone is 2. The number of phenolic OH excluding ortho intramolecular Hbond substituents is 1. The Bertz CT molecular complexity index is 823. The van der Waals surface area contributed by atoms with Crippen molar-refractivity contribution in [2.75, 3.05) is 13.7 Å². The molecule has 2 atom stereocenters. The number of ether oxygens (including phenoxy) is 3. The first-order chi connectivity index (χ1) is 13.4. The first-order valence-electron chi connectivity index (χ1n) is 9.82. The fraction of sp³-hybridized carbons (Fsp3) is 0.545. The maximum atomic E-state index is 12.2. The predicted octanol–water partition coefficient (Wildman–Crippen LogP) is 3.85. The van der Waals surface area contributed by atoms with E-state index in [9.17, 15) is 14.7 Å². The molecule has 1 saturated carbocycles. The molecule has 1 N–H and O–H groups in total. The highest BCUT2D eigenvalue weighted by molar-refractivity contribution is 5.98. The van der Waals surface area contributed by atoms with Crippen molar-refractivity contribution in [3.63, 3.8) is 0 Å². The van der Waals surface area contributed by atoms with Gasteiger partial charge in [-0.15, -0.1) is 0 Å². The second-order valence-corrected chi connectivity index (χ2v) is 7.46. The van der Waals surface area contributed by atoms with Crippen LogP contribution in [0.15, 0.2) is 11.6 Å². The van der Waals surface area contributed by atoms with Crippen molar-refractivity contribution in [1.29, 1.82) is 0 Å². The van der Waals surface area contributed by atoms with Gasteiger partial charge in [0.1, 0.15) is 23.7 Å². The first kappa shape index (κ1) is 20.2. The van der Waals surface area contributed by atoms with E-state index in [-0.39, 0.29) is 35.7 Å². The molecular formula is C22H28O6. The third kappa shape index (κ3) is 3.48. The summed E-state index contributed by atoms with van der Waals surface area (Å²) in [6, 6.07) is 0. The van der Waals surface area contributed by atoms with Gasteiger partial charge in [-0.05, 0) is 51.5 Å². The molecule has 2 aliphatic rings. The first-order valence-corrected chi connectivity index (χ1v) is 9.82. The van der Waals surface area contributed by atoms with Crippen LogP contribution in [0.5, 0.6) is 11.5 Å². The summed E-state index contributed by atoms with van der Waals surface area (Å²) in [5.74, 6) is -0.0897. The molecule has 1 fully saturated rings. The molecule has 0 amide bonds. The van der Waals surface area contributed by atoms with Crippen molar-refractivity contribution in [3.05, 3.63) is 33.9 Å². The molecular weight excluding hydrogens is 360 g/mol. The highest BCUT2D eigenvalue weighted by Crippen LogP contribution is 2.43. The van der Waals surface area contributed by atoms with E-state index in [4.69, 9.17) is 14.2 Å². The van der Waals surface area contributed by atoms with Crippen LogP contribution >= 0.6 is 0 Å². The summed E-state index contributed by atoms with van der Waals surface area (Å²) >= 11 is 0. The average Bonchev–Trinajstić information content (AvgIpc) is 3.30. The minimum atomic E-state index is -0.502. The molecule has 28 heavy (non-hydrogen) atoms. The fourth-order valence-electron chi connectivity index (χ4n) is 4.48. The van der Waals surface area contributed by atoms with Crippen LogP contribution in [-0.4, -0.2) is 30.8 Å². The molecule has 152 valence electrons. The van der Waals surface area contributed by atoms with Crippen molar-refractivity contribution in [1.82, 2.24) is 0 Å². The van der Waals surface area contributed by atoms with Crippen LogP contribution in [0, 0.1) is 18.8 Å². The van der Waals surface area contributed by atoms with Gasteiger partial charge in [-0.25, -0.2) is 4.79 Å². The number of cyclic esters (lactones) is 1. The van der Waals surface area contributed by atoms with Gasteiger partial charge in [0.25, 0.3) is 0 Å². The largest absolute Gasteiger partial charge is 0.507 e. The van der Waals surface area contributed by atoms with Crippen LogP contribution in [0.1, 0.15) is 60.2 Å². The summed E-state index contributed by atoms with van der Waals surface area (Å²) in [6.45, 7) is 6.25. The number of aromatic hydroxyl groups is 1. The van der Waals surface area contributed by atoms with E-state index in [1.807, 2.05) is 26.8 Å². The summed E-state index contributed by atoms with van der Waals surface area (Å²) in [5, 5.41) is 10.7. The van der Waals surface area contributed by atoms with Gasteiger partial charge in [0, 0.05) is 11.1 Å². The van der Waals surface area contributed by atoms with Gasteiger partial charge in [-0.3, -0.25) is 4.79 Å². The van der Waals surface area contributed by atoms with Crippen molar-refractivity contribution >= 4 is 11.9 Å². The number of esters is 2. The Labute approximate surface area is 165 Å².